The number of carbonyl (C=O) groups is 1. The van der Waals surface area contributed by atoms with E-state index in [4.69, 9.17) is 9.47 Å². The van der Waals surface area contributed by atoms with Crippen LogP contribution in [0, 0.1) is 11.7 Å². The number of ether oxygens (including phenoxy) is 2. The number of benzene rings is 1. The number of piperidine rings is 1. The Bertz CT molecular complexity index is 1330. The molecule has 3 aromatic rings. The molecule has 0 aliphatic carbocycles. The topological polar surface area (TPSA) is 86.5 Å². The second-order valence-electron chi connectivity index (χ2n) is 10.5. The van der Waals surface area contributed by atoms with Gasteiger partial charge in [0, 0.05) is 29.3 Å². The summed E-state index contributed by atoms with van der Waals surface area (Å²) in [6.07, 6.45) is 6.27. The molecule has 1 fully saturated rings. The van der Waals surface area contributed by atoms with Gasteiger partial charge in [0.1, 0.15) is 5.60 Å². The van der Waals surface area contributed by atoms with Gasteiger partial charge in [0.2, 0.25) is 0 Å². The first-order valence-corrected chi connectivity index (χ1v) is 13.4. The average Bonchev–Trinajstić information content (AvgIpc) is 2.89. The zero-order valence-corrected chi connectivity index (χ0v) is 23.6. The molecule has 1 aliphatic rings. The van der Waals surface area contributed by atoms with Crippen LogP contribution in [0.4, 0.5) is 9.18 Å². The van der Waals surface area contributed by atoms with E-state index in [9.17, 15) is 14.0 Å². The highest BCUT2D eigenvalue weighted by Gasteiger charge is 2.27. The monoisotopic (exact) mass is 586 g/mol. The molecule has 1 amide bonds. The van der Waals surface area contributed by atoms with Crippen molar-refractivity contribution in [2.45, 2.75) is 52.2 Å². The normalized spacial score (nSPS) is 15.3. The first-order chi connectivity index (χ1) is 18.0. The molecular formula is C28H32BrFN4O4. The Kier molecular flexibility index (Phi) is 8.50. The molecule has 1 unspecified atom stereocenters. The Hall–Kier alpha value is -3.27. The number of carbonyl (C=O) groups excluding carboxylic acids is 1. The quantitative estimate of drug-likeness (QED) is 0.360. The third kappa shape index (κ3) is 6.98. The second kappa shape index (κ2) is 11.6. The molecule has 8 nitrogen and oxygen atoms in total. The molecule has 0 radical (unpaired) electrons. The summed E-state index contributed by atoms with van der Waals surface area (Å²) >= 11 is 3.25. The van der Waals surface area contributed by atoms with E-state index in [1.165, 1.54) is 4.57 Å². The van der Waals surface area contributed by atoms with E-state index in [1.54, 1.807) is 23.5 Å². The van der Waals surface area contributed by atoms with Crippen molar-refractivity contribution in [2.75, 3.05) is 19.7 Å². The number of pyridine rings is 1. The molecule has 0 saturated carbocycles. The molecular weight excluding hydrogens is 555 g/mol. The number of halogens is 2. The highest BCUT2D eigenvalue weighted by atomic mass is 79.9. The number of aromatic nitrogens is 3. The fourth-order valence-corrected chi connectivity index (χ4v) is 4.70. The predicted molar refractivity (Wildman–Crippen MR) is 146 cm³/mol. The van der Waals surface area contributed by atoms with Gasteiger partial charge in [-0.1, -0.05) is 18.2 Å². The van der Waals surface area contributed by atoms with Crippen LogP contribution in [-0.4, -0.2) is 50.8 Å². The Morgan fingerprint density at radius 3 is 2.53 bits per heavy atom. The summed E-state index contributed by atoms with van der Waals surface area (Å²) in [5.41, 5.74) is 0.419. The van der Waals surface area contributed by atoms with Crippen molar-refractivity contribution >= 4 is 22.0 Å². The molecule has 0 spiro atoms. The van der Waals surface area contributed by atoms with Gasteiger partial charge in [-0.05, 0) is 80.1 Å². The predicted octanol–water partition coefficient (Wildman–Crippen LogP) is 5.84. The second-order valence-corrected chi connectivity index (χ2v) is 11.4. The maximum atomic E-state index is 14.0. The fourth-order valence-electron chi connectivity index (χ4n) is 4.28. The van der Waals surface area contributed by atoms with Gasteiger partial charge in [0.25, 0.3) is 5.56 Å². The largest absolute Gasteiger partial charge is 0.490 e. The average molecular weight is 587 g/mol. The fraction of sp³-hybridized carbons (Fsp3) is 0.429. The van der Waals surface area contributed by atoms with E-state index in [0.29, 0.717) is 41.7 Å². The minimum atomic E-state index is -0.810. The van der Waals surface area contributed by atoms with Gasteiger partial charge in [-0.2, -0.15) is 0 Å². The van der Waals surface area contributed by atoms with Crippen LogP contribution < -0.4 is 10.3 Å². The van der Waals surface area contributed by atoms with Crippen molar-refractivity contribution in [1.82, 2.24) is 19.4 Å². The van der Waals surface area contributed by atoms with E-state index in [2.05, 4.69) is 25.9 Å². The maximum Gasteiger partial charge on any atom is 0.410 e. The third-order valence-electron chi connectivity index (χ3n) is 6.39. The Balaban J connectivity index is 1.35. The molecule has 4 rings (SSSR count). The lowest BCUT2D eigenvalue weighted by Gasteiger charge is -2.33. The summed E-state index contributed by atoms with van der Waals surface area (Å²) in [4.78, 5) is 35.2. The van der Waals surface area contributed by atoms with E-state index in [0.717, 1.165) is 30.0 Å². The van der Waals surface area contributed by atoms with Crippen LogP contribution in [0.5, 0.6) is 5.75 Å². The molecule has 1 atom stereocenters. The van der Waals surface area contributed by atoms with Gasteiger partial charge >= 0.3 is 6.09 Å². The first-order valence-electron chi connectivity index (χ1n) is 12.6. The van der Waals surface area contributed by atoms with E-state index in [-0.39, 0.29) is 6.09 Å². The summed E-state index contributed by atoms with van der Waals surface area (Å²) in [6.45, 7) is 9.25. The highest BCUT2D eigenvalue weighted by Crippen LogP contribution is 2.25. The number of hydrogen-bond acceptors (Lipinski definition) is 6. The summed E-state index contributed by atoms with van der Waals surface area (Å²) in [5.74, 6) is 0.613. The third-order valence-corrected chi connectivity index (χ3v) is 6.82. The summed E-state index contributed by atoms with van der Waals surface area (Å²) in [6, 6.07) is 8.29. The molecule has 1 saturated heterocycles. The van der Waals surface area contributed by atoms with E-state index in [1.807, 2.05) is 52.0 Å². The number of amides is 1. The number of nitrogens with zero attached hydrogens (tertiary/aromatic N) is 4. The number of rotatable bonds is 6. The SMILES string of the molecule is CC(c1cccc(-c2ncc(OCC3CCN(C(=O)OC(C)(C)C)CC3)cn2)c1)n1cc(Br)cc(F)c1=O. The molecule has 3 heterocycles. The molecule has 2 aromatic heterocycles. The van der Waals surface area contributed by atoms with Gasteiger partial charge in [0.05, 0.1) is 25.0 Å². The number of hydrogen-bond donors (Lipinski definition) is 0. The summed E-state index contributed by atoms with van der Waals surface area (Å²) in [5, 5.41) is 0. The van der Waals surface area contributed by atoms with Crippen LogP contribution in [0.2, 0.25) is 0 Å². The summed E-state index contributed by atoms with van der Waals surface area (Å²) < 4.78 is 27.2. The molecule has 10 heteroatoms. The minimum absolute atomic E-state index is 0.268. The van der Waals surface area contributed by atoms with E-state index >= 15 is 0 Å². The van der Waals surface area contributed by atoms with Crippen LogP contribution >= 0.6 is 15.9 Å². The van der Waals surface area contributed by atoms with Crippen molar-refractivity contribution in [3.05, 3.63) is 75.1 Å². The molecule has 0 N–H and O–H groups in total. The van der Waals surface area contributed by atoms with Crippen molar-refractivity contribution in [1.29, 1.82) is 0 Å². The molecule has 0 bridgehead atoms. The zero-order chi connectivity index (χ0) is 27.4. The van der Waals surface area contributed by atoms with Crippen molar-refractivity contribution in [3.63, 3.8) is 0 Å². The van der Waals surface area contributed by atoms with Crippen molar-refractivity contribution in [2.24, 2.45) is 5.92 Å². The Morgan fingerprint density at radius 2 is 1.87 bits per heavy atom. The lowest BCUT2D eigenvalue weighted by atomic mass is 9.98. The highest BCUT2D eigenvalue weighted by molar-refractivity contribution is 9.10. The molecule has 1 aromatic carbocycles. The lowest BCUT2D eigenvalue weighted by molar-refractivity contribution is 0.0165. The van der Waals surface area contributed by atoms with Crippen LogP contribution in [0.15, 0.2) is 58.2 Å². The minimum Gasteiger partial charge on any atom is -0.490 e. The molecule has 202 valence electrons. The lowest BCUT2D eigenvalue weighted by Crippen LogP contribution is -2.42. The molecule has 1 aliphatic heterocycles. The smallest absolute Gasteiger partial charge is 0.410 e. The van der Waals surface area contributed by atoms with Gasteiger partial charge in [-0.25, -0.2) is 19.2 Å². The van der Waals surface area contributed by atoms with E-state index < -0.39 is 23.0 Å². The van der Waals surface area contributed by atoms with Gasteiger partial charge < -0.3 is 18.9 Å². The first kappa shape index (κ1) is 27.8. The van der Waals surface area contributed by atoms with Gasteiger partial charge in [0.15, 0.2) is 17.4 Å². The Labute approximate surface area is 229 Å². The Morgan fingerprint density at radius 1 is 1.18 bits per heavy atom. The molecule has 38 heavy (non-hydrogen) atoms. The van der Waals surface area contributed by atoms with Crippen LogP contribution in [0.1, 0.15) is 52.1 Å². The van der Waals surface area contributed by atoms with Crippen LogP contribution in [0.25, 0.3) is 11.4 Å². The standard InChI is InChI=1S/C28H32BrFN4O4/c1-18(34-16-22(29)13-24(30)26(34)35)20-6-5-7-21(12-20)25-31-14-23(15-32-25)37-17-19-8-10-33(11-9-19)27(36)38-28(2,3)4/h5-7,12-16,18-19H,8-11,17H2,1-4H3. The van der Waals surface area contributed by atoms with Gasteiger partial charge in [-0.3, -0.25) is 4.79 Å². The van der Waals surface area contributed by atoms with Crippen LogP contribution in [0.3, 0.4) is 0 Å². The van der Waals surface area contributed by atoms with Crippen LogP contribution in [-0.2, 0) is 4.74 Å². The van der Waals surface area contributed by atoms with Crippen molar-refractivity contribution < 1.29 is 18.7 Å². The number of likely N-dealkylation sites (tertiary alicyclic amines) is 1. The van der Waals surface area contributed by atoms with Crippen molar-refractivity contribution in [3.8, 4) is 17.1 Å². The summed E-state index contributed by atoms with van der Waals surface area (Å²) in [7, 11) is 0. The zero-order valence-electron chi connectivity index (χ0n) is 22.0. The maximum absolute atomic E-state index is 14.0. The van der Waals surface area contributed by atoms with Gasteiger partial charge in [-0.15, -0.1) is 0 Å².